The highest BCUT2D eigenvalue weighted by atomic mass is 35.5. The third-order valence-corrected chi connectivity index (χ3v) is 4.19. The molecular weight excluding hydrogens is 338 g/mol. The van der Waals surface area contributed by atoms with Crippen molar-refractivity contribution in [2.75, 3.05) is 0 Å². The maximum absolute atomic E-state index is 11.6. The normalized spacial score (nSPS) is 10.9. The van der Waals surface area contributed by atoms with Gasteiger partial charge in [0, 0.05) is 16.0 Å². The highest BCUT2D eigenvalue weighted by Gasteiger charge is 2.15. The summed E-state index contributed by atoms with van der Waals surface area (Å²) in [6, 6.07) is 19.6. The van der Waals surface area contributed by atoms with Gasteiger partial charge < -0.3 is 9.52 Å². The topological polar surface area (TPSA) is 63.3 Å². The van der Waals surface area contributed by atoms with Gasteiger partial charge in [-0.3, -0.25) is 0 Å². The molecule has 4 nitrogen and oxygen atoms in total. The van der Waals surface area contributed by atoms with Gasteiger partial charge in [-0.1, -0.05) is 29.8 Å². The van der Waals surface area contributed by atoms with E-state index >= 15 is 0 Å². The van der Waals surface area contributed by atoms with Gasteiger partial charge in [0.05, 0.1) is 11.1 Å². The Hall–Kier alpha value is -3.11. The minimum atomic E-state index is -0.996. The third kappa shape index (κ3) is 2.88. The Labute approximate surface area is 148 Å². The van der Waals surface area contributed by atoms with Crippen molar-refractivity contribution in [1.82, 2.24) is 4.98 Å². The number of carboxylic acids is 1. The summed E-state index contributed by atoms with van der Waals surface area (Å²) in [5.41, 5.74) is 2.18. The summed E-state index contributed by atoms with van der Waals surface area (Å²) in [6.45, 7) is 0. The Kier molecular flexibility index (Phi) is 3.75. The number of fused-ring (bicyclic) bond motifs is 1. The van der Waals surface area contributed by atoms with E-state index in [1.807, 2.05) is 24.3 Å². The highest BCUT2D eigenvalue weighted by molar-refractivity contribution is 6.30. The maximum Gasteiger partial charge on any atom is 0.336 e. The summed E-state index contributed by atoms with van der Waals surface area (Å²) in [7, 11) is 0. The predicted molar refractivity (Wildman–Crippen MR) is 96.9 cm³/mol. The van der Waals surface area contributed by atoms with E-state index < -0.39 is 5.97 Å². The number of halogens is 1. The lowest BCUT2D eigenvalue weighted by Gasteiger charge is -2.05. The molecule has 122 valence electrons. The van der Waals surface area contributed by atoms with E-state index in [1.165, 1.54) is 6.07 Å². The van der Waals surface area contributed by atoms with Crippen LogP contribution in [0, 0.1) is 0 Å². The number of pyridine rings is 1. The molecule has 0 radical (unpaired) electrons. The van der Waals surface area contributed by atoms with Gasteiger partial charge in [0.15, 0.2) is 5.76 Å². The number of hydrogen-bond donors (Lipinski definition) is 1. The number of nitrogens with zero attached hydrogens (tertiary/aromatic N) is 1. The molecule has 0 atom stereocenters. The molecule has 0 spiro atoms. The van der Waals surface area contributed by atoms with Gasteiger partial charge in [0.1, 0.15) is 11.5 Å². The Bertz CT molecular complexity index is 1080. The van der Waals surface area contributed by atoms with E-state index in [9.17, 15) is 9.90 Å². The molecule has 0 amide bonds. The zero-order valence-electron chi connectivity index (χ0n) is 12.9. The molecule has 25 heavy (non-hydrogen) atoms. The number of para-hydroxylation sites is 1. The van der Waals surface area contributed by atoms with Gasteiger partial charge in [0.25, 0.3) is 0 Å². The summed E-state index contributed by atoms with van der Waals surface area (Å²) in [4.78, 5) is 16.1. The van der Waals surface area contributed by atoms with Crippen LogP contribution in [0.1, 0.15) is 10.4 Å². The van der Waals surface area contributed by atoms with Crippen molar-refractivity contribution in [2.45, 2.75) is 0 Å². The molecule has 0 unspecified atom stereocenters. The summed E-state index contributed by atoms with van der Waals surface area (Å²) < 4.78 is 5.88. The summed E-state index contributed by atoms with van der Waals surface area (Å²) in [5, 5.41) is 10.7. The Morgan fingerprint density at radius 1 is 0.960 bits per heavy atom. The molecule has 4 rings (SSSR count). The molecule has 0 saturated heterocycles. The quantitative estimate of drug-likeness (QED) is 0.529. The van der Waals surface area contributed by atoms with Crippen LogP contribution in [-0.4, -0.2) is 16.1 Å². The van der Waals surface area contributed by atoms with Gasteiger partial charge in [-0.15, -0.1) is 0 Å². The molecular formula is C20H12ClNO3. The average molecular weight is 350 g/mol. The fourth-order valence-corrected chi connectivity index (χ4v) is 2.85. The Morgan fingerprint density at radius 2 is 1.68 bits per heavy atom. The number of rotatable bonds is 3. The average Bonchev–Trinajstić information content (AvgIpc) is 3.11. The van der Waals surface area contributed by atoms with Crippen molar-refractivity contribution < 1.29 is 14.3 Å². The molecule has 2 heterocycles. The molecule has 5 heteroatoms. The van der Waals surface area contributed by atoms with E-state index in [-0.39, 0.29) is 5.56 Å². The standard InChI is InChI=1S/C20H12ClNO3/c21-13-7-5-12(6-8-13)18-9-10-19(25-18)17-11-15(20(23)24)14-3-1-2-4-16(14)22-17/h1-11H,(H,23,24). The van der Waals surface area contributed by atoms with E-state index in [4.69, 9.17) is 16.0 Å². The van der Waals surface area contributed by atoms with E-state index in [0.717, 1.165) is 5.56 Å². The molecule has 0 saturated carbocycles. The first-order chi connectivity index (χ1) is 12.1. The van der Waals surface area contributed by atoms with Crippen LogP contribution in [0.4, 0.5) is 0 Å². The summed E-state index contributed by atoms with van der Waals surface area (Å²) in [6.07, 6.45) is 0. The maximum atomic E-state index is 11.6. The fraction of sp³-hybridized carbons (Fsp3) is 0. The lowest BCUT2D eigenvalue weighted by Crippen LogP contribution is -1.99. The van der Waals surface area contributed by atoms with Crippen molar-refractivity contribution in [2.24, 2.45) is 0 Å². The molecule has 2 aromatic heterocycles. The SMILES string of the molecule is O=C(O)c1cc(-c2ccc(-c3ccc(Cl)cc3)o2)nc2ccccc12. The van der Waals surface area contributed by atoms with Gasteiger partial charge in [-0.25, -0.2) is 9.78 Å². The second-order valence-electron chi connectivity index (χ2n) is 5.55. The van der Waals surface area contributed by atoms with Gasteiger partial charge in [-0.05, 0) is 48.5 Å². The number of aromatic nitrogens is 1. The summed E-state index contributed by atoms with van der Waals surface area (Å²) in [5.74, 6) is 0.182. The van der Waals surface area contributed by atoms with E-state index in [2.05, 4.69) is 4.98 Å². The third-order valence-electron chi connectivity index (χ3n) is 3.93. The van der Waals surface area contributed by atoms with Crippen LogP contribution in [0.15, 0.2) is 71.1 Å². The van der Waals surface area contributed by atoms with Crippen LogP contribution in [0.3, 0.4) is 0 Å². The largest absolute Gasteiger partial charge is 0.478 e. The van der Waals surface area contributed by atoms with Crippen LogP contribution < -0.4 is 0 Å². The Balaban J connectivity index is 1.82. The fourth-order valence-electron chi connectivity index (χ4n) is 2.72. The number of aromatic carboxylic acids is 1. The zero-order chi connectivity index (χ0) is 17.4. The second-order valence-corrected chi connectivity index (χ2v) is 5.98. The first-order valence-corrected chi connectivity index (χ1v) is 7.99. The second kappa shape index (κ2) is 6.07. The molecule has 2 aromatic carbocycles. The van der Waals surface area contributed by atoms with Crippen molar-refractivity contribution in [3.8, 4) is 22.8 Å². The smallest absolute Gasteiger partial charge is 0.336 e. The zero-order valence-corrected chi connectivity index (χ0v) is 13.7. The van der Waals surface area contributed by atoms with Crippen molar-refractivity contribution >= 4 is 28.5 Å². The number of furan rings is 1. The van der Waals surface area contributed by atoms with Crippen LogP contribution in [0.25, 0.3) is 33.7 Å². The van der Waals surface area contributed by atoms with E-state index in [1.54, 1.807) is 36.4 Å². The first kappa shape index (κ1) is 15.4. The van der Waals surface area contributed by atoms with Crippen LogP contribution in [0.2, 0.25) is 5.02 Å². The molecule has 0 aliphatic rings. The van der Waals surface area contributed by atoms with Gasteiger partial charge in [-0.2, -0.15) is 0 Å². The summed E-state index contributed by atoms with van der Waals surface area (Å²) >= 11 is 5.91. The monoisotopic (exact) mass is 349 g/mol. The van der Waals surface area contributed by atoms with Gasteiger partial charge in [0.2, 0.25) is 0 Å². The minimum absolute atomic E-state index is 0.199. The van der Waals surface area contributed by atoms with E-state index in [0.29, 0.717) is 33.1 Å². The van der Waals surface area contributed by atoms with Crippen molar-refractivity contribution in [3.63, 3.8) is 0 Å². The predicted octanol–water partition coefficient (Wildman–Crippen LogP) is 5.51. The highest BCUT2D eigenvalue weighted by Crippen LogP contribution is 2.30. The Morgan fingerprint density at radius 3 is 2.44 bits per heavy atom. The van der Waals surface area contributed by atoms with Crippen molar-refractivity contribution in [1.29, 1.82) is 0 Å². The molecule has 4 aromatic rings. The number of hydrogen-bond acceptors (Lipinski definition) is 3. The lowest BCUT2D eigenvalue weighted by atomic mass is 10.1. The molecule has 0 fully saturated rings. The molecule has 1 N–H and O–H groups in total. The number of carbonyl (C=O) groups is 1. The number of benzene rings is 2. The van der Waals surface area contributed by atoms with Crippen LogP contribution in [-0.2, 0) is 0 Å². The minimum Gasteiger partial charge on any atom is -0.478 e. The molecule has 0 aliphatic carbocycles. The van der Waals surface area contributed by atoms with Crippen molar-refractivity contribution in [3.05, 3.63) is 77.3 Å². The molecule has 0 aliphatic heterocycles. The first-order valence-electron chi connectivity index (χ1n) is 7.61. The lowest BCUT2D eigenvalue weighted by molar-refractivity contribution is 0.0699. The van der Waals surface area contributed by atoms with Gasteiger partial charge >= 0.3 is 5.97 Å². The number of carboxylic acid groups (broad SMARTS) is 1. The molecule has 0 bridgehead atoms. The van der Waals surface area contributed by atoms with Crippen LogP contribution >= 0.6 is 11.6 Å². The van der Waals surface area contributed by atoms with Crippen LogP contribution in [0.5, 0.6) is 0 Å².